The molecular formula is C59H71N11O11S2. The SMILES string of the molecule is C=Cc1c(C)c2cc3nc(c(C)c4[nH]c(cc5nc(cc1[nH]2)C(C)=C5CC)c(C)c4C(=O)O)[C@@H](CCC(=O)NCCOCCOCC(=O)NC(CSS[C@@H](N)C(=O)N[C@H]1Cc2ccc(O)cc2N([C@H](C)Cc2c[nH]cn2)C1=O)C(=O)O)[C@@H]3C. The van der Waals surface area contributed by atoms with Crippen LogP contribution >= 0.6 is 21.6 Å². The van der Waals surface area contributed by atoms with E-state index >= 15 is 0 Å². The van der Waals surface area contributed by atoms with Gasteiger partial charge < -0.3 is 66.3 Å². The molecule has 4 amide bonds. The number of rotatable bonds is 25. The molecule has 0 aliphatic carbocycles. The molecule has 4 aromatic heterocycles. The fraction of sp³-hybridized carbons (Fsp3) is 0.407. The number of fused-ring (bicyclic) bond motifs is 9. The van der Waals surface area contributed by atoms with Gasteiger partial charge in [-0.3, -0.25) is 24.2 Å². The van der Waals surface area contributed by atoms with E-state index < -0.39 is 47.8 Å². The average Bonchev–Trinajstić information content (AvgIpc) is 3.96. The van der Waals surface area contributed by atoms with Gasteiger partial charge in [0.25, 0.3) is 0 Å². The average molecular weight is 1170 g/mol. The number of aromatic hydroxyl groups is 1. The number of nitrogens with two attached hydrogens (primary N) is 1. The standard InChI is InChI=1S/C59H71N11O11S2/c1-9-38-30(4)41-22-43-32(6)40(53(67-43)34(8)54-52(59(78)79)33(7)44(68-54)24-46-39(10-2)31(5)42(65-46)23-45(38)64-41)13-14-50(72)62-15-16-80-17-18-81-26-51(73)66-48(58(76)77)27-82-83-55(60)56(74)69-47-20-35-11-12-37(71)21-49(35)70(57(47)75)29(3)19-36-25-61-28-63-36/h9,11-12,21-25,28-29,32,40,47-48,55,64,68,71H,1,10,13-20,26-27,60H2,2-8H3,(H,61,63)(H,62,72)(H,66,73)(H,69,74)(H,76,77)(H,78,79)/t29-,32+,40+,47+,48?,55-/m1/s1. The normalized spacial score (nSPS) is 16.9. The van der Waals surface area contributed by atoms with Crippen molar-refractivity contribution in [3.8, 4) is 5.75 Å². The van der Waals surface area contributed by atoms with Gasteiger partial charge in [-0.2, -0.15) is 0 Å². The molecule has 8 bridgehead atoms. The Kier molecular flexibility index (Phi) is 20.0. The van der Waals surface area contributed by atoms with E-state index in [-0.39, 0.29) is 86.0 Å². The summed E-state index contributed by atoms with van der Waals surface area (Å²) in [5, 5.41) is 37.5. The minimum atomic E-state index is -1.34. The van der Waals surface area contributed by atoms with Crippen LogP contribution in [-0.2, 0) is 46.3 Å². The first-order chi connectivity index (χ1) is 39.7. The van der Waals surface area contributed by atoms with Gasteiger partial charge in [0.05, 0.1) is 60.0 Å². The highest BCUT2D eigenvalue weighted by Crippen LogP contribution is 2.43. The van der Waals surface area contributed by atoms with E-state index in [1.54, 1.807) is 19.2 Å². The minimum Gasteiger partial charge on any atom is -0.508 e. The zero-order valence-electron chi connectivity index (χ0n) is 47.4. The summed E-state index contributed by atoms with van der Waals surface area (Å²) in [5.74, 6) is -4.85. The molecule has 0 radical (unpaired) electrons. The number of allylic oxidation sites excluding steroid dienone is 2. The molecule has 5 aromatic rings. The smallest absolute Gasteiger partial charge is 0.338 e. The van der Waals surface area contributed by atoms with Crippen molar-refractivity contribution in [2.24, 2.45) is 5.73 Å². The van der Waals surface area contributed by atoms with Crippen LogP contribution in [-0.4, -0.2) is 143 Å². The van der Waals surface area contributed by atoms with Crippen LogP contribution in [0.15, 0.2) is 55.5 Å². The highest BCUT2D eigenvalue weighted by Gasteiger charge is 2.38. The summed E-state index contributed by atoms with van der Waals surface area (Å²) in [6.45, 7) is 17.8. The first kappa shape index (κ1) is 61.3. The molecule has 1 aromatic carbocycles. The summed E-state index contributed by atoms with van der Waals surface area (Å²) in [6, 6.07) is 8.01. The third-order valence-corrected chi connectivity index (χ3v) is 17.8. The molecule has 0 saturated carbocycles. The van der Waals surface area contributed by atoms with Gasteiger partial charge in [0.1, 0.15) is 29.8 Å². The van der Waals surface area contributed by atoms with Crippen molar-refractivity contribution >= 4 is 102 Å². The Hall–Kier alpha value is -7.77. The number of carbonyl (C=O) groups is 6. The molecule has 11 N–H and O–H groups in total. The van der Waals surface area contributed by atoms with Crippen molar-refractivity contribution < 1.29 is 53.6 Å². The number of aryl methyl sites for hydroxylation is 3. The number of carboxylic acids is 2. The second kappa shape index (κ2) is 27.1. The summed E-state index contributed by atoms with van der Waals surface area (Å²) < 4.78 is 11.0. The number of hydrogen-bond donors (Lipinski definition) is 10. The number of H-pyrrole nitrogens is 3. The number of carboxylic acid groups (broad SMARTS) is 2. The van der Waals surface area contributed by atoms with Crippen LogP contribution in [0.2, 0.25) is 0 Å². The predicted molar refractivity (Wildman–Crippen MR) is 321 cm³/mol. The van der Waals surface area contributed by atoms with Crippen molar-refractivity contribution in [2.45, 2.75) is 116 Å². The molecule has 22 nitrogen and oxygen atoms in total. The highest BCUT2D eigenvalue weighted by molar-refractivity contribution is 8.77. The second-order valence-corrected chi connectivity index (χ2v) is 23.4. The number of nitrogens with zero attached hydrogens (tertiary/aromatic N) is 4. The molecule has 24 heteroatoms. The predicted octanol–water partition coefficient (Wildman–Crippen LogP) is 7.11. The Morgan fingerprint density at radius 2 is 1.70 bits per heavy atom. The summed E-state index contributed by atoms with van der Waals surface area (Å²) in [4.78, 5) is 104. The molecule has 440 valence electrons. The van der Waals surface area contributed by atoms with Gasteiger partial charge in [-0.25, -0.2) is 19.6 Å². The Morgan fingerprint density at radius 1 is 0.952 bits per heavy atom. The van der Waals surface area contributed by atoms with Gasteiger partial charge in [0, 0.05) is 95.2 Å². The number of aromatic carboxylic acids is 1. The van der Waals surface area contributed by atoms with Crippen LogP contribution in [0.5, 0.6) is 5.75 Å². The number of anilines is 1. The molecule has 0 saturated heterocycles. The number of benzene rings is 1. The monoisotopic (exact) mass is 1170 g/mol. The number of aliphatic carboxylic acids is 1. The van der Waals surface area contributed by atoms with Crippen LogP contribution in [0.1, 0.15) is 125 Å². The quantitative estimate of drug-likeness (QED) is 0.0158. The molecule has 6 atom stereocenters. The second-order valence-electron chi connectivity index (χ2n) is 20.8. The Balaban J connectivity index is 0.792. The lowest BCUT2D eigenvalue weighted by molar-refractivity contribution is -0.141. The van der Waals surface area contributed by atoms with Crippen molar-refractivity contribution in [3.05, 3.63) is 117 Å². The van der Waals surface area contributed by atoms with E-state index in [0.717, 1.165) is 89.7 Å². The molecule has 83 heavy (non-hydrogen) atoms. The van der Waals surface area contributed by atoms with Crippen LogP contribution in [0.25, 0.3) is 39.3 Å². The van der Waals surface area contributed by atoms with Gasteiger partial charge in [-0.05, 0) is 105 Å². The number of imidazole rings is 1. The summed E-state index contributed by atoms with van der Waals surface area (Å²) in [5.41, 5.74) is 19.5. The van der Waals surface area contributed by atoms with E-state index in [9.17, 15) is 44.1 Å². The largest absolute Gasteiger partial charge is 0.508 e. The number of carbonyl (C=O) groups excluding carboxylic acids is 4. The van der Waals surface area contributed by atoms with Crippen molar-refractivity contribution in [2.75, 3.05) is 43.6 Å². The topological polar surface area (TPSA) is 333 Å². The lowest BCUT2D eigenvalue weighted by Gasteiger charge is -2.38. The number of nitrogens with one attached hydrogen (secondary N) is 6. The molecule has 0 spiro atoms. The number of ether oxygens (including phenoxy) is 2. The molecule has 7 heterocycles. The number of phenolic OH excluding ortho intramolecular Hbond substituents is 1. The third-order valence-electron chi connectivity index (χ3n) is 15.4. The molecule has 3 aliphatic rings. The van der Waals surface area contributed by atoms with Crippen molar-refractivity contribution in [3.63, 3.8) is 0 Å². The van der Waals surface area contributed by atoms with E-state index in [4.69, 9.17) is 25.2 Å². The first-order valence-electron chi connectivity index (χ1n) is 27.4. The van der Waals surface area contributed by atoms with Gasteiger partial charge in [0.2, 0.25) is 23.6 Å². The third kappa shape index (κ3) is 14.0. The summed E-state index contributed by atoms with van der Waals surface area (Å²) in [6.07, 6.45) is 6.97. The Morgan fingerprint density at radius 3 is 2.41 bits per heavy atom. The van der Waals surface area contributed by atoms with E-state index in [1.165, 1.54) is 23.4 Å². The van der Waals surface area contributed by atoms with Crippen molar-refractivity contribution in [1.29, 1.82) is 0 Å². The lowest BCUT2D eigenvalue weighted by Crippen LogP contribution is -2.57. The van der Waals surface area contributed by atoms with Gasteiger partial charge in [0.15, 0.2) is 0 Å². The molecule has 1 unspecified atom stereocenters. The number of aromatic nitrogens is 6. The Bertz CT molecular complexity index is 3520. The fourth-order valence-corrected chi connectivity index (χ4v) is 12.9. The number of amides is 4. The van der Waals surface area contributed by atoms with Gasteiger partial charge >= 0.3 is 11.9 Å². The number of hydrogen-bond acceptors (Lipinski definition) is 15. The first-order valence-corrected chi connectivity index (χ1v) is 29.8. The maximum atomic E-state index is 13.8. The molecule has 8 rings (SSSR count). The summed E-state index contributed by atoms with van der Waals surface area (Å²) in [7, 11) is 1.85. The summed E-state index contributed by atoms with van der Waals surface area (Å²) >= 11 is 0. The van der Waals surface area contributed by atoms with Gasteiger partial charge in [-0.15, -0.1) is 0 Å². The van der Waals surface area contributed by atoms with Crippen LogP contribution in [0, 0.1) is 20.8 Å². The van der Waals surface area contributed by atoms with Gasteiger partial charge in [-0.1, -0.05) is 54.2 Å². The molecule has 3 aliphatic heterocycles. The zero-order chi connectivity index (χ0) is 59.8. The molecule has 0 fully saturated rings. The highest BCUT2D eigenvalue weighted by atomic mass is 33.1. The fourth-order valence-electron chi connectivity index (χ4n) is 10.9. The Labute approximate surface area is 487 Å². The maximum Gasteiger partial charge on any atom is 0.338 e. The van der Waals surface area contributed by atoms with Crippen LogP contribution in [0.4, 0.5) is 5.69 Å². The van der Waals surface area contributed by atoms with Crippen molar-refractivity contribution in [1.82, 2.24) is 45.9 Å². The number of aromatic amines is 3. The van der Waals surface area contributed by atoms with E-state index in [2.05, 4.69) is 63.2 Å². The lowest BCUT2D eigenvalue weighted by atomic mass is 9.85. The van der Waals surface area contributed by atoms with E-state index in [0.29, 0.717) is 46.4 Å². The zero-order valence-corrected chi connectivity index (χ0v) is 49.1. The van der Waals surface area contributed by atoms with Crippen LogP contribution in [0.3, 0.4) is 0 Å². The number of phenols is 1. The maximum absolute atomic E-state index is 13.8. The minimum absolute atomic E-state index is 0.00403. The molecular weight excluding hydrogens is 1100 g/mol. The van der Waals surface area contributed by atoms with Crippen LogP contribution < -0.4 is 26.6 Å². The van der Waals surface area contributed by atoms with E-state index in [1.807, 2.05) is 45.0 Å².